The van der Waals surface area contributed by atoms with Crippen LogP contribution in [0, 0.1) is 6.92 Å². The molecule has 0 unspecified atom stereocenters. The Morgan fingerprint density at radius 1 is 1.40 bits per heavy atom. The Morgan fingerprint density at radius 3 is 2.85 bits per heavy atom. The van der Waals surface area contributed by atoms with Crippen molar-refractivity contribution in [3.8, 4) is 5.88 Å². The SMILES string of the molecule is Cc1cc2c(OC3CN(CC(F)(F)F)C3)nccn2n1. The van der Waals surface area contributed by atoms with Gasteiger partial charge in [-0.15, -0.1) is 0 Å². The number of likely N-dealkylation sites (tertiary alicyclic amines) is 1. The van der Waals surface area contributed by atoms with Crippen molar-refractivity contribution in [2.75, 3.05) is 19.6 Å². The lowest BCUT2D eigenvalue weighted by Gasteiger charge is -2.38. The van der Waals surface area contributed by atoms with Crippen LogP contribution in [0.4, 0.5) is 13.2 Å². The summed E-state index contributed by atoms with van der Waals surface area (Å²) in [6.45, 7) is 1.48. The molecule has 5 nitrogen and oxygen atoms in total. The number of ether oxygens (including phenoxy) is 1. The van der Waals surface area contributed by atoms with E-state index >= 15 is 0 Å². The fourth-order valence-electron chi connectivity index (χ4n) is 2.25. The van der Waals surface area contributed by atoms with Crippen LogP contribution < -0.4 is 4.74 Å². The molecule has 20 heavy (non-hydrogen) atoms. The average Bonchev–Trinajstić information content (AvgIpc) is 2.65. The number of fused-ring (bicyclic) bond motifs is 1. The van der Waals surface area contributed by atoms with Crippen molar-refractivity contribution in [1.29, 1.82) is 0 Å². The maximum Gasteiger partial charge on any atom is 0.401 e. The Labute approximate surface area is 113 Å². The molecule has 0 N–H and O–H groups in total. The molecule has 108 valence electrons. The first-order chi connectivity index (χ1) is 9.40. The van der Waals surface area contributed by atoms with Crippen molar-refractivity contribution < 1.29 is 17.9 Å². The van der Waals surface area contributed by atoms with Crippen molar-refractivity contribution in [3.05, 3.63) is 24.2 Å². The molecule has 8 heteroatoms. The summed E-state index contributed by atoms with van der Waals surface area (Å²) in [6, 6.07) is 1.83. The number of rotatable bonds is 3. The highest BCUT2D eigenvalue weighted by Crippen LogP contribution is 2.24. The lowest BCUT2D eigenvalue weighted by Crippen LogP contribution is -2.56. The molecule has 1 fully saturated rings. The minimum Gasteiger partial charge on any atom is -0.470 e. The fraction of sp³-hybridized carbons (Fsp3) is 0.500. The van der Waals surface area contributed by atoms with Gasteiger partial charge in [0.15, 0.2) is 0 Å². The van der Waals surface area contributed by atoms with Crippen LogP contribution in [-0.4, -0.2) is 51.4 Å². The van der Waals surface area contributed by atoms with Crippen LogP contribution >= 0.6 is 0 Å². The highest BCUT2D eigenvalue weighted by atomic mass is 19.4. The Balaban J connectivity index is 1.64. The van der Waals surface area contributed by atoms with E-state index in [1.54, 1.807) is 16.9 Å². The molecule has 1 aliphatic heterocycles. The molecule has 3 rings (SSSR count). The van der Waals surface area contributed by atoms with E-state index in [9.17, 15) is 13.2 Å². The standard InChI is InChI=1S/C12H13F3N4O/c1-8-4-10-11(16-2-3-19(10)17-8)20-9-5-18(6-9)7-12(13,14)15/h2-4,9H,5-7H2,1H3. The van der Waals surface area contributed by atoms with Gasteiger partial charge in [-0.2, -0.15) is 18.3 Å². The summed E-state index contributed by atoms with van der Waals surface area (Å²) >= 11 is 0. The molecule has 0 aliphatic carbocycles. The van der Waals surface area contributed by atoms with Crippen molar-refractivity contribution in [1.82, 2.24) is 19.5 Å². The van der Waals surface area contributed by atoms with E-state index in [1.807, 2.05) is 13.0 Å². The average molecular weight is 286 g/mol. The van der Waals surface area contributed by atoms with Crippen molar-refractivity contribution in [2.24, 2.45) is 0 Å². The Morgan fingerprint density at radius 2 is 2.15 bits per heavy atom. The van der Waals surface area contributed by atoms with Gasteiger partial charge in [0, 0.05) is 25.5 Å². The molecule has 0 spiro atoms. The molecule has 0 aromatic carbocycles. The fourth-order valence-corrected chi connectivity index (χ4v) is 2.25. The summed E-state index contributed by atoms with van der Waals surface area (Å²) in [5.41, 5.74) is 1.55. The maximum atomic E-state index is 12.2. The zero-order valence-electron chi connectivity index (χ0n) is 10.8. The molecule has 2 aromatic rings. The smallest absolute Gasteiger partial charge is 0.401 e. The minimum absolute atomic E-state index is 0.258. The third-order valence-electron chi connectivity index (χ3n) is 3.08. The molecule has 0 saturated carbocycles. The second kappa shape index (κ2) is 4.62. The molecular weight excluding hydrogens is 273 g/mol. The molecule has 0 radical (unpaired) electrons. The maximum absolute atomic E-state index is 12.2. The first-order valence-electron chi connectivity index (χ1n) is 6.17. The topological polar surface area (TPSA) is 42.7 Å². The molecule has 0 atom stereocenters. The van der Waals surface area contributed by atoms with E-state index in [0.717, 1.165) is 11.2 Å². The van der Waals surface area contributed by atoms with Gasteiger partial charge in [-0.25, -0.2) is 9.50 Å². The number of hydrogen-bond acceptors (Lipinski definition) is 4. The van der Waals surface area contributed by atoms with Crippen LogP contribution in [0.25, 0.3) is 5.52 Å². The van der Waals surface area contributed by atoms with Crippen LogP contribution in [0.15, 0.2) is 18.5 Å². The summed E-state index contributed by atoms with van der Waals surface area (Å²) in [6.07, 6.45) is -1.16. The predicted octanol–water partition coefficient (Wildman–Crippen LogP) is 1.66. The van der Waals surface area contributed by atoms with Gasteiger partial charge in [0.1, 0.15) is 11.6 Å². The normalized spacial score (nSPS) is 17.4. The van der Waals surface area contributed by atoms with E-state index < -0.39 is 12.7 Å². The van der Waals surface area contributed by atoms with Crippen LogP contribution in [0.2, 0.25) is 0 Å². The highest BCUT2D eigenvalue weighted by Gasteiger charge is 2.38. The van der Waals surface area contributed by atoms with Gasteiger partial charge in [-0.3, -0.25) is 4.90 Å². The molecule has 0 bridgehead atoms. The summed E-state index contributed by atoms with van der Waals surface area (Å²) in [4.78, 5) is 5.42. The van der Waals surface area contributed by atoms with E-state index in [0.29, 0.717) is 5.88 Å². The Bertz CT molecular complexity index is 619. The van der Waals surface area contributed by atoms with Crippen molar-refractivity contribution >= 4 is 5.52 Å². The summed E-state index contributed by atoms with van der Waals surface area (Å²) in [7, 11) is 0. The second-order valence-corrected chi connectivity index (χ2v) is 4.90. The molecule has 3 heterocycles. The van der Waals surface area contributed by atoms with Crippen LogP contribution in [0.1, 0.15) is 5.69 Å². The van der Waals surface area contributed by atoms with Crippen molar-refractivity contribution in [2.45, 2.75) is 19.2 Å². The summed E-state index contributed by atoms with van der Waals surface area (Å²) in [5.74, 6) is 0.407. The summed E-state index contributed by atoms with van der Waals surface area (Å²) < 4.78 is 43.8. The van der Waals surface area contributed by atoms with E-state index in [-0.39, 0.29) is 19.2 Å². The second-order valence-electron chi connectivity index (χ2n) is 4.90. The van der Waals surface area contributed by atoms with Gasteiger partial charge in [0.2, 0.25) is 5.88 Å². The number of alkyl halides is 3. The predicted molar refractivity (Wildman–Crippen MR) is 64.6 cm³/mol. The van der Waals surface area contributed by atoms with Gasteiger partial charge < -0.3 is 4.74 Å². The lowest BCUT2D eigenvalue weighted by atomic mass is 10.1. The number of aryl methyl sites for hydroxylation is 1. The largest absolute Gasteiger partial charge is 0.470 e. The quantitative estimate of drug-likeness (QED) is 0.860. The number of nitrogens with zero attached hydrogens (tertiary/aromatic N) is 4. The zero-order chi connectivity index (χ0) is 14.3. The first-order valence-corrected chi connectivity index (χ1v) is 6.17. The van der Waals surface area contributed by atoms with Crippen LogP contribution in [0.3, 0.4) is 0 Å². The Kier molecular flexibility index (Phi) is 3.04. The molecule has 0 amide bonds. The van der Waals surface area contributed by atoms with E-state index in [2.05, 4.69) is 10.1 Å². The van der Waals surface area contributed by atoms with Crippen LogP contribution in [-0.2, 0) is 0 Å². The molecule has 1 saturated heterocycles. The first kappa shape index (κ1) is 13.2. The van der Waals surface area contributed by atoms with E-state index in [1.165, 1.54) is 4.90 Å². The van der Waals surface area contributed by atoms with Gasteiger partial charge in [0.05, 0.1) is 12.2 Å². The third kappa shape index (κ3) is 2.69. The molecule has 2 aromatic heterocycles. The number of halogens is 3. The minimum atomic E-state index is -4.16. The number of hydrogen-bond donors (Lipinski definition) is 0. The van der Waals surface area contributed by atoms with E-state index in [4.69, 9.17) is 4.74 Å². The third-order valence-corrected chi connectivity index (χ3v) is 3.08. The van der Waals surface area contributed by atoms with Crippen LogP contribution in [0.5, 0.6) is 5.88 Å². The molecular formula is C12H13F3N4O. The highest BCUT2D eigenvalue weighted by molar-refractivity contribution is 5.56. The van der Waals surface area contributed by atoms with Crippen molar-refractivity contribution in [3.63, 3.8) is 0 Å². The Hall–Kier alpha value is -1.83. The van der Waals surface area contributed by atoms with Gasteiger partial charge in [-0.1, -0.05) is 0 Å². The van der Waals surface area contributed by atoms with Gasteiger partial charge in [-0.05, 0) is 13.0 Å². The summed E-state index contributed by atoms with van der Waals surface area (Å²) in [5, 5.41) is 4.23. The molecule has 1 aliphatic rings. The van der Waals surface area contributed by atoms with Gasteiger partial charge in [0.25, 0.3) is 0 Å². The van der Waals surface area contributed by atoms with Gasteiger partial charge >= 0.3 is 6.18 Å². The monoisotopic (exact) mass is 286 g/mol. The lowest BCUT2D eigenvalue weighted by molar-refractivity contribution is -0.162. The zero-order valence-corrected chi connectivity index (χ0v) is 10.8. The number of aromatic nitrogens is 3.